The number of hydrogen-bond donors (Lipinski definition) is 2. The summed E-state index contributed by atoms with van der Waals surface area (Å²) in [4.78, 5) is 11.7. The molecule has 88 valence electrons. The molecule has 2 N–H and O–H groups in total. The Labute approximate surface area is 98.2 Å². The van der Waals surface area contributed by atoms with Crippen molar-refractivity contribution in [3.8, 4) is 0 Å². The summed E-state index contributed by atoms with van der Waals surface area (Å²) in [5.74, 6) is -1.24. The summed E-state index contributed by atoms with van der Waals surface area (Å²) in [6, 6.07) is 3.74. The molecule has 5 heteroatoms. The molecular formula is C11H13ClFNO2. The Morgan fingerprint density at radius 1 is 1.56 bits per heavy atom. The van der Waals surface area contributed by atoms with Gasteiger partial charge in [0.25, 0.3) is 5.91 Å². The Balaban J connectivity index is 2.93. The highest BCUT2D eigenvalue weighted by atomic mass is 35.5. The van der Waals surface area contributed by atoms with Crippen LogP contribution in [0.15, 0.2) is 18.2 Å². The number of hydrogen-bond acceptors (Lipinski definition) is 2. The third kappa shape index (κ3) is 3.18. The van der Waals surface area contributed by atoms with E-state index < -0.39 is 17.3 Å². The molecule has 0 heterocycles. The second-order valence-corrected chi connectivity index (χ2v) is 4.56. The van der Waals surface area contributed by atoms with Crippen LogP contribution in [0.2, 0.25) is 5.02 Å². The van der Waals surface area contributed by atoms with Crippen LogP contribution in [-0.2, 0) is 0 Å². The van der Waals surface area contributed by atoms with Gasteiger partial charge in [-0.2, -0.15) is 0 Å². The van der Waals surface area contributed by atoms with Gasteiger partial charge in [-0.05, 0) is 32.0 Å². The van der Waals surface area contributed by atoms with Crippen LogP contribution in [-0.4, -0.2) is 23.2 Å². The molecule has 0 atom stereocenters. The number of benzene rings is 1. The molecule has 0 bridgehead atoms. The van der Waals surface area contributed by atoms with E-state index in [0.717, 1.165) is 6.07 Å². The third-order valence-corrected chi connectivity index (χ3v) is 2.26. The number of aliphatic hydroxyl groups excluding tert-OH is 1. The first kappa shape index (κ1) is 12.9. The maximum Gasteiger partial charge on any atom is 0.254 e. The van der Waals surface area contributed by atoms with E-state index in [4.69, 9.17) is 16.7 Å². The molecule has 0 aliphatic carbocycles. The molecular weight excluding hydrogens is 233 g/mol. The van der Waals surface area contributed by atoms with Crippen molar-refractivity contribution in [3.05, 3.63) is 34.6 Å². The number of carbonyl (C=O) groups is 1. The van der Waals surface area contributed by atoms with E-state index in [1.807, 2.05) is 0 Å². The van der Waals surface area contributed by atoms with E-state index in [9.17, 15) is 9.18 Å². The maximum atomic E-state index is 13.3. The lowest BCUT2D eigenvalue weighted by atomic mass is 10.1. The first-order valence-electron chi connectivity index (χ1n) is 4.74. The minimum absolute atomic E-state index is 0.131. The number of nitrogens with one attached hydrogen (secondary N) is 1. The second-order valence-electron chi connectivity index (χ2n) is 4.12. The summed E-state index contributed by atoms with van der Waals surface area (Å²) >= 11 is 5.67. The van der Waals surface area contributed by atoms with Crippen molar-refractivity contribution in [2.24, 2.45) is 0 Å². The van der Waals surface area contributed by atoms with E-state index in [0.29, 0.717) is 0 Å². The van der Waals surface area contributed by atoms with Gasteiger partial charge in [0, 0.05) is 5.02 Å². The lowest BCUT2D eigenvalue weighted by Gasteiger charge is -2.23. The van der Waals surface area contributed by atoms with E-state index in [1.165, 1.54) is 12.1 Å². The van der Waals surface area contributed by atoms with E-state index in [1.54, 1.807) is 13.8 Å². The van der Waals surface area contributed by atoms with Crippen LogP contribution in [0.3, 0.4) is 0 Å². The summed E-state index contributed by atoms with van der Waals surface area (Å²) in [7, 11) is 0. The molecule has 0 aliphatic heterocycles. The zero-order chi connectivity index (χ0) is 12.3. The van der Waals surface area contributed by atoms with Crippen molar-refractivity contribution < 1.29 is 14.3 Å². The summed E-state index contributed by atoms with van der Waals surface area (Å²) in [5.41, 5.74) is -0.930. The molecule has 0 saturated carbocycles. The number of halogens is 2. The predicted molar refractivity (Wildman–Crippen MR) is 60.0 cm³/mol. The zero-order valence-electron chi connectivity index (χ0n) is 9.05. The summed E-state index contributed by atoms with van der Waals surface area (Å²) in [6.07, 6.45) is 0. The van der Waals surface area contributed by atoms with E-state index in [-0.39, 0.29) is 17.2 Å². The minimum atomic E-state index is -0.800. The smallest absolute Gasteiger partial charge is 0.254 e. The van der Waals surface area contributed by atoms with Gasteiger partial charge >= 0.3 is 0 Å². The van der Waals surface area contributed by atoms with Crippen molar-refractivity contribution in [2.75, 3.05) is 6.61 Å². The van der Waals surface area contributed by atoms with Gasteiger partial charge in [-0.15, -0.1) is 0 Å². The second kappa shape index (κ2) is 4.80. The van der Waals surface area contributed by atoms with Gasteiger partial charge in [0.2, 0.25) is 0 Å². The lowest BCUT2D eigenvalue weighted by Crippen LogP contribution is -2.46. The first-order valence-corrected chi connectivity index (χ1v) is 5.12. The molecule has 1 rings (SSSR count). The molecule has 16 heavy (non-hydrogen) atoms. The van der Waals surface area contributed by atoms with Gasteiger partial charge in [0.1, 0.15) is 5.82 Å². The van der Waals surface area contributed by atoms with Crippen LogP contribution in [0, 0.1) is 5.82 Å². The van der Waals surface area contributed by atoms with Crippen LogP contribution >= 0.6 is 11.6 Å². The summed E-state index contributed by atoms with van der Waals surface area (Å²) < 4.78 is 13.3. The average Bonchev–Trinajstić information content (AvgIpc) is 2.21. The van der Waals surface area contributed by atoms with Crippen LogP contribution in [0.25, 0.3) is 0 Å². The fourth-order valence-corrected chi connectivity index (χ4v) is 1.26. The molecule has 3 nitrogen and oxygen atoms in total. The Morgan fingerprint density at radius 2 is 2.19 bits per heavy atom. The van der Waals surface area contributed by atoms with Gasteiger partial charge in [-0.25, -0.2) is 4.39 Å². The molecule has 0 fully saturated rings. The Bertz CT molecular complexity index is 407. The van der Waals surface area contributed by atoms with Crippen molar-refractivity contribution in [1.29, 1.82) is 0 Å². The molecule has 1 aromatic rings. The van der Waals surface area contributed by atoms with Gasteiger partial charge < -0.3 is 10.4 Å². The van der Waals surface area contributed by atoms with Crippen molar-refractivity contribution in [3.63, 3.8) is 0 Å². The van der Waals surface area contributed by atoms with Gasteiger partial charge in [-0.3, -0.25) is 4.79 Å². The van der Waals surface area contributed by atoms with Gasteiger partial charge in [-0.1, -0.05) is 11.6 Å². The lowest BCUT2D eigenvalue weighted by molar-refractivity contribution is 0.0865. The zero-order valence-corrected chi connectivity index (χ0v) is 9.81. The fraction of sp³-hybridized carbons (Fsp3) is 0.364. The molecule has 0 radical (unpaired) electrons. The monoisotopic (exact) mass is 245 g/mol. The highest BCUT2D eigenvalue weighted by Crippen LogP contribution is 2.15. The molecule has 1 aromatic carbocycles. The predicted octanol–water partition coefficient (Wildman–Crippen LogP) is 1.98. The van der Waals surface area contributed by atoms with E-state index in [2.05, 4.69) is 5.32 Å². The van der Waals surface area contributed by atoms with Gasteiger partial charge in [0.05, 0.1) is 17.7 Å². The molecule has 0 spiro atoms. The largest absolute Gasteiger partial charge is 0.394 e. The Morgan fingerprint density at radius 3 is 2.75 bits per heavy atom. The number of amides is 1. The Kier molecular flexibility index (Phi) is 3.88. The normalized spacial score (nSPS) is 11.3. The van der Waals surface area contributed by atoms with E-state index >= 15 is 0 Å². The number of aliphatic hydroxyl groups is 1. The number of carbonyl (C=O) groups excluding carboxylic acids is 1. The maximum absolute atomic E-state index is 13.3. The van der Waals surface area contributed by atoms with Crippen LogP contribution in [0.5, 0.6) is 0 Å². The standard InChI is InChI=1S/C11H13ClFNO2/c1-11(2,6-15)14-10(16)8-5-7(12)3-4-9(8)13/h3-5,15H,6H2,1-2H3,(H,14,16). The highest BCUT2D eigenvalue weighted by molar-refractivity contribution is 6.31. The number of rotatable bonds is 3. The molecule has 0 saturated heterocycles. The molecule has 0 aliphatic rings. The van der Waals surface area contributed by atoms with Crippen LogP contribution in [0.4, 0.5) is 4.39 Å². The molecule has 0 unspecified atom stereocenters. The first-order chi connectivity index (χ1) is 7.35. The van der Waals surface area contributed by atoms with Crippen LogP contribution in [0.1, 0.15) is 24.2 Å². The van der Waals surface area contributed by atoms with Gasteiger partial charge in [0.15, 0.2) is 0 Å². The topological polar surface area (TPSA) is 49.3 Å². The minimum Gasteiger partial charge on any atom is -0.394 e. The third-order valence-electron chi connectivity index (χ3n) is 2.02. The van der Waals surface area contributed by atoms with Crippen LogP contribution < -0.4 is 5.32 Å². The van der Waals surface area contributed by atoms with Crippen molar-refractivity contribution >= 4 is 17.5 Å². The fourth-order valence-electron chi connectivity index (χ4n) is 1.09. The van der Waals surface area contributed by atoms with Crippen molar-refractivity contribution in [1.82, 2.24) is 5.32 Å². The SMILES string of the molecule is CC(C)(CO)NC(=O)c1cc(Cl)ccc1F. The molecule has 0 aromatic heterocycles. The quantitative estimate of drug-likeness (QED) is 0.856. The summed E-state index contributed by atoms with van der Waals surface area (Å²) in [5, 5.41) is 11.8. The van der Waals surface area contributed by atoms with Crippen molar-refractivity contribution in [2.45, 2.75) is 19.4 Å². The average molecular weight is 246 g/mol. The summed E-state index contributed by atoms with van der Waals surface area (Å²) in [6.45, 7) is 3.03. The molecule has 1 amide bonds. The Hall–Kier alpha value is -1.13. The highest BCUT2D eigenvalue weighted by Gasteiger charge is 2.21.